The van der Waals surface area contributed by atoms with Crippen molar-refractivity contribution in [3.8, 4) is 11.1 Å². The average Bonchev–Trinajstić information content (AvgIpc) is 3.40. The quantitative estimate of drug-likeness (QED) is 0.428. The second kappa shape index (κ2) is 8.75. The van der Waals surface area contributed by atoms with E-state index in [1.165, 1.54) is 0 Å². The van der Waals surface area contributed by atoms with E-state index in [0.29, 0.717) is 0 Å². The fourth-order valence-electron chi connectivity index (χ4n) is 3.65. The maximum atomic E-state index is 12.3. The van der Waals surface area contributed by atoms with Gasteiger partial charge in [-0.2, -0.15) is 0 Å². The number of amides is 2. The molecule has 1 aliphatic carbocycles. The molecule has 10 nitrogen and oxygen atoms in total. The molecule has 0 saturated carbocycles. The van der Waals surface area contributed by atoms with Crippen LogP contribution in [0.4, 0.5) is 10.7 Å². The number of hydrogen-bond acceptors (Lipinski definition) is 7. The molecular formula is C23H21N3O7. The van der Waals surface area contributed by atoms with E-state index in [2.05, 4.69) is 15.8 Å². The highest BCUT2D eigenvalue weighted by molar-refractivity contribution is 5.97. The van der Waals surface area contributed by atoms with Crippen molar-refractivity contribution in [3.05, 3.63) is 71.4 Å². The second-order valence-corrected chi connectivity index (χ2v) is 7.78. The van der Waals surface area contributed by atoms with Gasteiger partial charge < -0.3 is 24.8 Å². The normalized spacial score (nSPS) is 14.0. The summed E-state index contributed by atoms with van der Waals surface area (Å²) in [5.41, 5.74) is 2.17. The molecule has 4 rings (SSSR count). The number of fused-ring (bicyclic) bond motifs is 3. The minimum absolute atomic E-state index is 0.0921. The number of aromatic nitrogens is 1. The number of aliphatic carboxylic acids is 1. The lowest BCUT2D eigenvalue weighted by molar-refractivity contribution is -0.145. The van der Waals surface area contributed by atoms with Crippen LogP contribution in [0.25, 0.3) is 11.1 Å². The Morgan fingerprint density at radius 2 is 1.70 bits per heavy atom. The lowest BCUT2D eigenvalue weighted by Gasteiger charge is -2.22. The van der Waals surface area contributed by atoms with E-state index in [4.69, 9.17) is 14.4 Å². The molecule has 0 aliphatic heterocycles. The number of benzene rings is 2. The van der Waals surface area contributed by atoms with Crippen molar-refractivity contribution >= 4 is 23.9 Å². The molecule has 1 atom stereocenters. The van der Waals surface area contributed by atoms with Crippen LogP contribution in [0.2, 0.25) is 0 Å². The molecule has 33 heavy (non-hydrogen) atoms. The number of carbonyl (C=O) groups excluding carboxylic acids is 2. The lowest BCUT2D eigenvalue weighted by atomic mass is 9.98. The molecule has 1 aromatic heterocycles. The van der Waals surface area contributed by atoms with E-state index in [0.717, 1.165) is 35.2 Å². The third-order valence-corrected chi connectivity index (χ3v) is 5.49. The van der Waals surface area contributed by atoms with Crippen molar-refractivity contribution in [2.24, 2.45) is 0 Å². The summed E-state index contributed by atoms with van der Waals surface area (Å²) in [6.45, 7) is 0.411. The Bertz CT molecular complexity index is 1180. The molecule has 0 saturated heterocycles. The molecule has 4 N–H and O–H groups in total. The van der Waals surface area contributed by atoms with Gasteiger partial charge in [-0.3, -0.25) is 10.1 Å². The minimum Gasteiger partial charge on any atom is -0.479 e. The molecule has 1 aliphatic rings. The van der Waals surface area contributed by atoms with Gasteiger partial charge in [0.05, 0.1) is 6.61 Å². The monoisotopic (exact) mass is 451 g/mol. The van der Waals surface area contributed by atoms with Gasteiger partial charge in [0.15, 0.2) is 11.2 Å². The number of carboxylic acids is 1. The molecule has 1 heterocycles. The zero-order valence-electron chi connectivity index (χ0n) is 17.6. The number of anilines is 1. The molecule has 0 spiro atoms. The average molecular weight is 451 g/mol. The van der Waals surface area contributed by atoms with Crippen LogP contribution in [0, 0.1) is 0 Å². The van der Waals surface area contributed by atoms with Gasteiger partial charge in [0, 0.05) is 12.0 Å². The Kier molecular flexibility index (Phi) is 5.84. The third-order valence-electron chi connectivity index (χ3n) is 5.49. The Morgan fingerprint density at radius 1 is 1.09 bits per heavy atom. The first kappa shape index (κ1) is 22.0. The van der Waals surface area contributed by atoms with Gasteiger partial charge in [-0.15, -0.1) is 0 Å². The molecular weight excluding hydrogens is 430 g/mol. The van der Waals surface area contributed by atoms with Crippen molar-refractivity contribution in [3.63, 3.8) is 0 Å². The second-order valence-electron chi connectivity index (χ2n) is 7.78. The van der Waals surface area contributed by atoms with Crippen LogP contribution in [0.15, 0.2) is 59.1 Å². The van der Waals surface area contributed by atoms with Gasteiger partial charge >= 0.3 is 12.1 Å². The number of carboxylic acid groups (broad SMARTS) is 1. The number of hydrogen-bond donors (Lipinski definition) is 4. The minimum atomic E-state index is -1.89. The smallest absolute Gasteiger partial charge is 0.414 e. The van der Waals surface area contributed by atoms with Crippen molar-refractivity contribution in [2.45, 2.75) is 18.4 Å². The number of carbonyl (C=O) groups is 3. The molecule has 3 aromatic rings. The predicted octanol–water partition coefficient (Wildman–Crippen LogP) is 2.60. The van der Waals surface area contributed by atoms with Gasteiger partial charge in [0.1, 0.15) is 6.61 Å². The first-order chi connectivity index (χ1) is 15.8. The van der Waals surface area contributed by atoms with Gasteiger partial charge in [-0.25, -0.2) is 9.59 Å². The summed E-state index contributed by atoms with van der Waals surface area (Å²) in [5.74, 6) is -2.58. The Labute approximate surface area is 188 Å². The largest absolute Gasteiger partial charge is 0.479 e. The summed E-state index contributed by atoms with van der Waals surface area (Å²) in [4.78, 5) is 35.7. The zero-order chi connectivity index (χ0) is 23.6. The number of aliphatic hydroxyl groups excluding tert-OH is 1. The molecule has 2 aromatic carbocycles. The summed E-state index contributed by atoms with van der Waals surface area (Å²) in [6, 6.07) is 17.0. The number of nitrogens with one attached hydrogen (secondary N) is 2. The standard InChI is InChI=1S/C23H21N3O7/c1-23(12-27,21(29)30)25-20(28)18-10-19(33-26-18)24-22(31)32-11-17-15-8-4-2-6-13(15)14-7-3-5-9-16(14)17/h2-10,17,27H,11-12H2,1H3,(H,24,31)(H,25,28)(H,29,30). The maximum Gasteiger partial charge on any atom is 0.414 e. The van der Waals surface area contributed by atoms with Gasteiger partial charge in [-0.1, -0.05) is 53.7 Å². The summed E-state index contributed by atoms with van der Waals surface area (Å²) >= 11 is 0. The number of rotatable bonds is 7. The van der Waals surface area contributed by atoms with Gasteiger partial charge in [0.2, 0.25) is 5.88 Å². The lowest BCUT2D eigenvalue weighted by Crippen LogP contribution is -2.55. The third kappa shape index (κ3) is 4.28. The number of nitrogens with zero attached hydrogens (tertiary/aromatic N) is 1. The van der Waals surface area contributed by atoms with Crippen LogP contribution in [0.3, 0.4) is 0 Å². The summed E-state index contributed by atoms with van der Waals surface area (Å²) in [7, 11) is 0. The Balaban J connectivity index is 1.38. The predicted molar refractivity (Wildman–Crippen MR) is 116 cm³/mol. The molecule has 0 bridgehead atoms. The molecule has 1 unspecified atom stereocenters. The topological polar surface area (TPSA) is 151 Å². The first-order valence-corrected chi connectivity index (χ1v) is 10.1. The van der Waals surface area contributed by atoms with Gasteiger partial charge in [-0.05, 0) is 29.2 Å². The van der Waals surface area contributed by atoms with Crippen LogP contribution in [-0.4, -0.2) is 52.1 Å². The van der Waals surface area contributed by atoms with Crippen LogP contribution in [0.5, 0.6) is 0 Å². The van der Waals surface area contributed by atoms with Crippen LogP contribution in [0.1, 0.15) is 34.5 Å². The Morgan fingerprint density at radius 3 is 2.27 bits per heavy atom. The molecule has 10 heteroatoms. The summed E-state index contributed by atoms with van der Waals surface area (Å²) < 4.78 is 10.3. The number of ether oxygens (including phenoxy) is 1. The van der Waals surface area contributed by atoms with Crippen molar-refractivity contribution < 1.29 is 33.9 Å². The van der Waals surface area contributed by atoms with E-state index in [1.807, 2.05) is 48.5 Å². The highest BCUT2D eigenvalue weighted by Gasteiger charge is 2.35. The van der Waals surface area contributed by atoms with Crippen molar-refractivity contribution in [1.82, 2.24) is 10.5 Å². The van der Waals surface area contributed by atoms with Crippen LogP contribution in [-0.2, 0) is 9.53 Å². The van der Waals surface area contributed by atoms with Crippen LogP contribution >= 0.6 is 0 Å². The highest BCUT2D eigenvalue weighted by Crippen LogP contribution is 2.44. The fraction of sp³-hybridized carbons (Fsp3) is 0.217. The van der Waals surface area contributed by atoms with Crippen LogP contribution < -0.4 is 10.6 Å². The van der Waals surface area contributed by atoms with E-state index < -0.39 is 30.1 Å². The summed E-state index contributed by atoms with van der Waals surface area (Å²) in [5, 5.41) is 26.4. The van der Waals surface area contributed by atoms with Gasteiger partial charge in [0.25, 0.3) is 5.91 Å². The van der Waals surface area contributed by atoms with Crippen molar-refractivity contribution in [2.75, 3.05) is 18.5 Å². The SMILES string of the molecule is CC(CO)(NC(=O)c1cc(NC(=O)OCC2c3ccccc3-c3ccccc32)on1)C(=O)O. The summed E-state index contributed by atoms with van der Waals surface area (Å²) in [6.07, 6.45) is -0.800. The molecule has 170 valence electrons. The maximum absolute atomic E-state index is 12.3. The zero-order valence-corrected chi connectivity index (χ0v) is 17.6. The Hall–Kier alpha value is -4.18. The van der Waals surface area contributed by atoms with E-state index in [-0.39, 0.29) is 24.1 Å². The van der Waals surface area contributed by atoms with E-state index in [1.54, 1.807) is 0 Å². The molecule has 0 radical (unpaired) electrons. The molecule has 0 fully saturated rings. The van der Waals surface area contributed by atoms with Crippen molar-refractivity contribution in [1.29, 1.82) is 0 Å². The van der Waals surface area contributed by atoms with E-state index in [9.17, 15) is 19.5 Å². The molecule has 2 amide bonds. The van der Waals surface area contributed by atoms with E-state index >= 15 is 0 Å². The first-order valence-electron chi connectivity index (χ1n) is 10.1. The number of aliphatic hydroxyl groups is 1. The highest BCUT2D eigenvalue weighted by atomic mass is 16.6. The fourth-order valence-corrected chi connectivity index (χ4v) is 3.65.